The Labute approximate surface area is 155 Å². The SMILES string of the molecule is COc1nccnc1NS(=O)(=O)c1ccc(NC(C#N)=C(C#N)C#N)cc1. The minimum Gasteiger partial charge on any atom is -0.478 e. The lowest BCUT2D eigenvalue weighted by Crippen LogP contribution is -2.15. The summed E-state index contributed by atoms with van der Waals surface area (Å²) in [6, 6.07) is 10.2. The van der Waals surface area contributed by atoms with E-state index in [1.165, 1.54) is 43.8 Å². The quantitative estimate of drug-likeness (QED) is 0.705. The Bertz CT molecular complexity index is 1090. The fourth-order valence-electron chi connectivity index (χ4n) is 1.88. The zero-order valence-electron chi connectivity index (χ0n) is 13.8. The number of benzene rings is 1. The van der Waals surface area contributed by atoms with E-state index in [2.05, 4.69) is 20.0 Å². The van der Waals surface area contributed by atoms with Crippen LogP contribution in [0.15, 0.2) is 52.8 Å². The number of hydrogen-bond donors (Lipinski definition) is 2. The third-order valence-corrected chi connectivity index (χ3v) is 4.46. The van der Waals surface area contributed by atoms with Gasteiger partial charge in [-0.3, -0.25) is 4.72 Å². The number of nitrogens with zero attached hydrogens (tertiary/aromatic N) is 5. The van der Waals surface area contributed by atoms with Gasteiger partial charge in [-0.25, -0.2) is 18.4 Å². The molecule has 10 nitrogen and oxygen atoms in total. The van der Waals surface area contributed by atoms with E-state index in [1.807, 2.05) is 0 Å². The Balaban J connectivity index is 2.27. The predicted molar refractivity (Wildman–Crippen MR) is 93.3 cm³/mol. The minimum atomic E-state index is -3.96. The first-order valence-corrected chi connectivity index (χ1v) is 8.63. The Morgan fingerprint density at radius 3 is 2.22 bits per heavy atom. The monoisotopic (exact) mass is 381 g/mol. The van der Waals surface area contributed by atoms with Gasteiger partial charge in [-0.2, -0.15) is 15.8 Å². The summed E-state index contributed by atoms with van der Waals surface area (Å²) >= 11 is 0. The van der Waals surface area contributed by atoms with Gasteiger partial charge in [0, 0.05) is 18.1 Å². The average molecular weight is 381 g/mol. The molecule has 1 aromatic carbocycles. The van der Waals surface area contributed by atoms with Crippen LogP contribution in [-0.4, -0.2) is 25.5 Å². The van der Waals surface area contributed by atoms with Crippen molar-refractivity contribution < 1.29 is 13.2 Å². The van der Waals surface area contributed by atoms with Crippen molar-refractivity contribution in [1.29, 1.82) is 15.8 Å². The summed E-state index contributed by atoms with van der Waals surface area (Å²) in [6.07, 6.45) is 2.67. The first-order chi connectivity index (χ1) is 12.9. The highest BCUT2D eigenvalue weighted by atomic mass is 32.2. The van der Waals surface area contributed by atoms with E-state index in [0.717, 1.165) is 0 Å². The van der Waals surface area contributed by atoms with Gasteiger partial charge in [-0.1, -0.05) is 0 Å². The molecule has 0 saturated carbocycles. The first-order valence-electron chi connectivity index (χ1n) is 7.14. The molecule has 2 rings (SSSR count). The van der Waals surface area contributed by atoms with Crippen LogP contribution in [0.1, 0.15) is 0 Å². The molecule has 0 aliphatic heterocycles. The molecular weight excluding hydrogens is 370 g/mol. The Morgan fingerprint density at radius 1 is 1.04 bits per heavy atom. The number of allylic oxidation sites excluding steroid dienone is 2. The zero-order valence-corrected chi connectivity index (χ0v) is 14.6. The van der Waals surface area contributed by atoms with Gasteiger partial charge in [0.05, 0.1) is 12.0 Å². The molecule has 27 heavy (non-hydrogen) atoms. The standard InChI is InChI=1S/C16H11N7O3S/c1-26-16-15(20-6-7-21-16)23-27(24,25)13-4-2-12(3-5-13)22-14(10-19)11(8-17)9-18/h2-7,22H,1H3,(H,20,23). The van der Waals surface area contributed by atoms with Crippen LogP contribution in [0.4, 0.5) is 11.5 Å². The normalized spacial score (nSPS) is 9.85. The molecule has 2 N–H and O–H groups in total. The molecule has 0 saturated heterocycles. The topological polar surface area (TPSA) is 165 Å². The third-order valence-electron chi connectivity index (χ3n) is 3.11. The fourth-order valence-corrected chi connectivity index (χ4v) is 2.88. The number of hydrogen-bond acceptors (Lipinski definition) is 9. The Morgan fingerprint density at radius 2 is 1.67 bits per heavy atom. The molecule has 1 heterocycles. The maximum absolute atomic E-state index is 12.5. The summed E-state index contributed by atoms with van der Waals surface area (Å²) in [7, 11) is -2.63. The molecule has 0 spiro atoms. The third kappa shape index (κ3) is 4.48. The Kier molecular flexibility index (Phi) is 5.90. The molecule has 2 aromatic rings. The second kappa shape index (κ2) is 8.30. The number of nitrogens with one attached hydrogen (secondary N) is 2. The van der Waals surface area contributed by atoms with Crippen LogP contribution in [0.25, 0.3) is 0 Å². The minimum absolute atomic E-state index is 0.0173. The maximum atomic E-state index is 12.5. The summed E-state index contributed by atoms with van der Waals surface area (Å²) in [5.41, 5.74) is -0.297. The van der Waals surface area contributed by atoms with E-state index >= 15 is 0 Å². The number of rotatable bonds is 6. The predicted octanol–water partition coefficient (Wildman–Crippen LogP) is 1.52. The molecule has 0 fully saturated rings. The number of sulfonamides is 1. The van der Waals surface area contributed by atoms with Crippen LogP contribution in [0, 0.1) is 34.0 Å². The van der Waals surface area contributed by atoms with Gasteiger partial charge in [0.25, 0.3) is 15.9 Å². The molecular formula is C16H11N7O3S. The number of ether oxygens (including phenoxy) is 1. The van der Waals surface area contributed by atoms with Crippen molar-refractivity contribution in [3.05, 3.63) is 47.9 Å². The molecule has 11 heteroatoms. The van der Waals surface area contributed by atoms with Crippen molar-refractivity contribution in [3.8, 4) is 24.1 Å². The Hall–Kier alpha value is -4.14. The largest absolute Gasteiger partial charge is 0.478 e. The summed E-state index contributed by atoms with van der Waals surface area (Å²) < 4.78 is 32.1. The van der Waals surface area contributed by atoms with Gasteiger partial charge < -0.3 is 10.1 Å². The molecule has 134 valence electrons. The molecule has 0 aliphatic carbocycles. The van der Waals surface area contributed by atoms with Crippen molar-refractivity contribution >= 4 is 21.5 Å². The van der Waals surface area contributed by atoms with Gasteiger partial charge in [0.1, 0.15) is 23.9 Å². The van der Waals surface area contributed by atoms with Crippen LogP contribution in [-0.2, 0) is 10.0 Å². The second-order valence-corrected chi connectivity index (χ2v) is 6.44. The van der Waals surface area contributed by atoms with E-state index in [9.17, 15) is 8.42 Å². The summed E-state index contributed by atoms with van der Waals surface area (Å²) in [4.78, 5) is 7.65. The highest BCUT2D eigenvalue weighted by molar-refractivity contribution is 7.92. The molecule has 0 atom stereocenters. The van der Waals surface area contributed by atoms with Crippen molar-refractivity contribution in [2.75, 3.05) is 17.1 Å². The van der Waals surface area contributed by atoms with Crippen LogP contribution in [0.3, 0.4) is 0 Å². The van der Waals surface area contributed by atoms with Gasteiger partial charge >= 0.3 is 0 Å². The lowest BCUT2D eigenvalue weighted by Gasteiger charge is -2.10. The number of anilines is 2. The maximum Gasteiger partial charge on any atom is 0.263 e. The molecule has 0 bridgehead atoms. The van der Waals surface area contributed by atoms with Crippen molar-refractivity contribution in [3.63, 3.8) is 0 Å². The average Bonchev–Trinajstić information content (AvgIpc) is 2.68. The van der Waals surface area contributed by atoms with E-state index in [0.29, 0.717) is 5.69 Å². The zero-order chi connectivity index (χ0) is 19.9. The van der Waals surface area contributed by atoms with Crippen molar-refractivity contribution in [2.24, 2.45) is 0 Å². The van der Waals surface area contributed by atoms with Gasteiger partial charge in [-0.15, -0.1) is 0 Å². The van der Waals surface area contributed by atoms with Crippen LogP contribution >= 0.6 is 0 Å². The summed E-state index contributed by atoms with van der Waals surface area (Å²) in [5.74, 6) is -0.0479. The van der Waals surface area contributed by atoms with Crippen LogP contribution < -0.4 is 14.8 Å². The second-order valence-electron chi connectivity index (χ2n) is 4.75. The number of aromatic nitrogens is 2. The van der Waals surface area contributed by atoms with Crippen molar-refractivity contribution in [1.82, 2.24) is 9.97 Å². The summed E-state index contributed by atoms with van der Waals surface area (Å²) in [6.45, 7) is 0. The van der Waals surface area contributed by atoms with Crippen molar-refractivity contribution in [2.45, 2.75) is 4.90 Å². The van der Waals surface area contributed by atoms with E-state index in [1.54, 1.807) is 18.2 Å². The number of methoxy groups -OCH3 is 1. The molecule has 0 aliphatic rings. The number of nitriles is 3. The van der Waals surface area contributed by atoms with E-state index in [-0.39, 0.29) is 27.9 Å². The van der Waals surface area contributed by atoms with E-state index < -0.39 is 10.0 Å². The molecule has 0 unspecified atom stereocenters. The molecule has 0 amide bonds. The van der Waals surface area contributed by atoms with Crippen LogP contribution in [0.2, 0.25) is 0 Å². The highest BCUT2D eigenvalue weighted by Crippen LogP contribution is 2.22. The van der Waals surface area contributed by atoms with Gasteiger partial charge in [0.2, 0.25) is 5.82 Å². The van der Waals surface area contributed by atoms with Gasteiger partial charge in [0.15, 0.2) is 5.57 Å². The molecule has 0 radical (unpaired) electrons. The smallest absolute Gasteiger partial charge is 0.263 e. The summed E-state index contributed by atoms with van der Waals surface area (Å²) in [5, 5.41) is 29.2. The highest BCUT2D eigenvalue weighted by Gasteiger charge is 2.18. The van der Waals surface area contributed by atoms with Crippen LogP contribution in [0.5, 0.6) is 5.88 Å². The lowest BCUT2D eigenvalue weighted by atomic mass is 10.2. The fraction of sp³-hybridized carbons (Fsp3) is 0.0625. The van der Waals surface area contributed by atoms with E-state index in [4.69, 9.17) is 20.5 Å². The molecule has 1 aromatic heterocycles. The van der Waals surface area contributed by atoms with Gasteiger partial charge in [-0.05, 0) is 24.3 Å². The first kappa shape index (κ1) is 19.2. The lowest BCUT2D eigenvalue weighted by molar-refractivity contribution is 0.398.